The highest BCUT2D eigenvalue weighted by molar-refractivity contribution is 5.83. The lowest BCUT2D eigenvalue weighted by molar-refractivity contribution is 0.0399. The third-order valence-electron chi connectivity index (χ3n) is 13.7. The Morgan fingerprint density at radius 3 is 0.909 bits per heavy atom. The fourth-order valence-electron chi connectivity index (χ4n) is 11.9. The summed E-state index contributed by atoms with van der Waals surface area (Å²) in [6.45, 7) is 29.6. The van der Waals surface area contributed by atoms with Crippen LogP contribution in [0.4, 0.5) is 14.4 Å². The molecule has 0 radical (unpaired) electrons. The van der Waals surface area contributed by atoms with E-state index in [-0.39, 0.29) is 54.0 Å². The number of nitrogens with zero attached hydrogens (tertiary/aromatic N) is 6. The van der Waals surface area contributed by atoms with Gasteiger partial charge in [-0.1, -0.05) is 98.6 Å². The van der Waals surface area contributed by atoms with Crippen LogP contribution in [-0.2, 0) is 34.1 Å². The molecule has 6 unspecified atom stereocenters. The van der Waals surface area contributed by atoms with Crippen LogP contribution in [0.2, 0.25) is 0 Å². The Kier molecular flexibility index (Phi) is 17.2. The van der Waals surface area contributed by atoms with Crippen LogP contribution in [0.5, 0.6) is 0 Å². The predicted octanol–water partition coefficient (Wildman–Crippen LogP) is 8.46. The smallest absolute Gasteiger partial charge is 0.317 e. The molecule has 372 valence electrons. The van der Waals surface area contributed by atoms with Crippen molar-refractivity contribution in [3.05, 3.63) is 31.5 Å². The van der Waals surface area contributed by atoms with Gasteiger partial charge >= 0.3 is 35.3 Å². The van der Waals surface area contributed by atoms with Crippen LogP contribution in [-0.4, -0.2) is 67.2 Å². The molecule has 4 rings (SSSR count). The molecule has 1 aromatic rings. The number of amides is 3. The number of hydrogen-bond donors (Lipinski definition) is 3. The zero-order valence-electron chi connectivity index (χ0n) is 42.7. The highest BCUT2D eigenvalue weighted by atomic mass is 16.7. The Labute approximate surface area is 391 Å². The van der Waals surface area contributed by atoms with Crippen molar-refractivity contribution in [2.75, 3.05) is 0 Å². The minimum Gasteiger partial charge on any atom is -0.317 e. The molecule has 3 amide bonds. The molecule has 1 heterocycles. The number of rotatable bonds is 15. The summed E-state index contributed by atoms with van der Waals surface area (Å²) in [5.74, 6) is 0. The number of nitrogens with one attached hydrogen (secondary N) is 3. The van der Waals surface area contributed by atoms with E-state index in [1.54, 1.807) is 20.8 Å². The fourth-order valence-corrected chi connectivity index (χ4v) is 11.9. The normalized spacial score (nSPS) is 28.8. The van der Waals surface area contributed by atoms with E-state index >= 15 is 14.4 Å². The second-order valence-electron chi connectivity index (χ2n) is 23.5. The van der Waals surface area contributed by atoms with E-state index in [9.17, 15) is 14.4 Å². The molecule has 0 aliphatic heterocycles. The first-order valence-electron chi connectivity index (χ1n) is 23.9. The van der Waals surface area contributed by atoms with Gasteiger partial charge in [0, 0.05) is 37.8 Å². The Hall–Kier alpha value is -4.77. The van der Waals surface area contributed by atoms with E-state index in [0.29, 0.717) is 94.2 Å². The molecule has 0 aromatic carbocycles. The highest BCUT2D eigenvalue weighted by Crippen LogP contribution is 2.49. The molecular formula is C48H81N9O9. The van der Waals surface area contributed by atoms with E-state index in [2.05, 4.69) is 73.0 Å². The molecule has 18 heteroatoms. The molecule has 3 saturated carbocycles. The molecule has 3 aliphatic rings. The van der Waals surface area contributed by atoms with Gasteiger partial charge in [0.1, 0.15) is 0 Å². The van der Waals surface area contributed by atoms with Crippen LogP contribution in [0, 0.1) is 32.5 Å². The average Bonchev–Trinajstić information content (AvgIpc) is 3.17. The molecule has 66 heavy (non-hydrogen) atoms. The number of oxime groups is 3. The van der Waals surface area contributed by atoms with E-state index in [4.69, 9.17) is 14.5 Å². The number of hydrogen-bond acceptors (Lipinski definition) is 12. The van der Waals surface area contributed by atoms with Gasteiger partial charge in [0.05, 0.1) is 17.1 Å². The van der Waals surface area contributed by atoms with Crippen molar-refractivity contribution in [3.63, 3.8) is 0 Å². The maximum Gasteiger partial charge on any atom is 0.433 e. The molecule has 3 fully saturated rings. The van der Waals surface area contributed by atoms with Crippen LogP contribution in [0.15, 0.2) is 29.9 Å². The van der Waals surface area contributed by atoms with Crippen LogP contribution in [0.1, 0.15) is 181 Å². The van der Waals surface area contributed by atoms with Crippen molar-refractivity contribution in [2.24, 2.45) is 48.0 Å². The maximum atomic E-state index is 15.0. The largest absolute Gasteiger partial charge is 0.433 e. The maximum absolute atomic E-state index is 15.0. The molecule has 0 bridgehead atoms. The van der Waals surface area contributed by atoms with Crippen molar-refractivity contribution >= 4 is 35.4 Å². The molecule has 18 nitrogen and oxygen atoms in total. The van der Waals surface area contributed by atoms with Crippen molar-refractivity contribution < 1.29 is 28.9 Å². The highest BCUT2D eigenvalue weighted by Gasteiger charge is 2.47. The van der Waals surface area contributed by atoms with Crippen molar-refractivity contribution in [1.82, 2.24) is 29.7 Å². The Morgan fingerprint density at radius 2 is 0.697 bits per heavy atom. The van der Waals surface area contributed by atoms with Gasteiger partial charge in [-0.2, -0.15) is 0 Å². The minimum atomic E-state index is -0.712. The average molecular weight is 928 g/mol. The summed E-state index contributed by atoms with van der Waals surface area (Å²) in [7, 11) is 0. The first-order chi connectivity index (χ1) is 30.4. The quantitative estimate of drug-likeness (QED) is 0.0872. The predicted molar refractivity (Wildman–Crippen MR) is 257 cm³/mol. The van der Waals surface area contributed by atoms with Crippen molar-refractivity contribution in [3.8, 4) is 0 Å². The minimum absolute atomic E-state index is 0.0133. The van der Waals surface area contributed by atoms with Gasteiger partial charge < -0.3 is 16.0 Å². The van der Waals surface area contributed by atoms with E-state index in [0.717, 1.165) is 0 Å². The third kappa shape index (κ3) is 15.1. The monoisotopic (exact) mass is 928 g/mol. The lowest BCUT2D eigenvalue weighted by atomic mass is 9.62. The zero-order chi connectivity index (χ0) is 49.6. The fraction of sp³-hybridized carbons (Fsp3) is 0.812. The van der Waals surface area contributed by atoms with Gasteiger partial charge in [-0.15, -0.1) is 0 Å². The SMILES string of the molecule is CC/C(C)=N\OC(=O)NC1CC(C)(C)CC(C)(Cn2c(=O)n(CC3(C)CC(NC(=O)O/N=C(/C)CC)CC(C)(C)C3)c(=O)n(CC3(C)CC(NC(=O)O/N=C(/C)CC)CC(C)(C)C3)c2=O)C1. The van der Waals surface area contributed by atoms with Gasteiger partial charge in [0.2, 0.25) is 0 Å². The molecular weight excluding hydrogens is 847 g/mol. The molecule has 0 spiro atoms. The van der Waals surface area contributed by atoms with Gasteiger partial charge in [-0.25, -0.2) is 42.5 Å². The standard InChI is InChI=1S/C48H81N9O9/c1-16-31(4)52-64-37(58)49-34-19-43(7,8)25-46(13,22-34)28-55-40(61)56(29-47(14)23-35(20-44(9,10)26-47)50-38(59)65-53-32(5)17-2)42(63)57(41(55)62)30-48(15)24-36(21-45(11,12)27-48)51-39(60)66-54-33(6)18-3/h34-36H,16-30H2,1-15H3,(H,49,58)(H,50,59)(H,51,60)/b52-31-,53-32-,54-33-. The summed E-state index contributed by atoms with van der Waals surface area (Å²) in [4.78, 5) is 99.3. The first kappa shape index (κ1) is 53.8. The first-order valence-corrected chi connectivity index (χ1v) is 23.9. The van der Waals surface area contributed by atoms with E-state index < -0.39 is 51.6 Å². The third-order valence-corrected chi connectivity index (χ3v) is 13.7. The zero-order valence-corrected chi connectivity index (χ0v) is 42.7. The van der Waals surface area contributed by atoms with Crippen molar-refractivity contribution in [1.29, 1.82) is 0 Å². The van der Waals surface area contributed by atoms with Gasteiger partial charge in [-0.05, 0) is 130 Å². The van der Waals surface area contributed by atoms with Crippen LogP contribution >= 0.6 is 0 Å². The van der Waals surface area contributed by atoms with E-state index in [1.165, 1.54) is 13.7 Å². The molecule has 0 saturated heterocycles. The topological polar surface area (TPSA) is 218 Å². The molecule has 3 N–H and O–H groups in total. The summed E-state index contributed by atoms with van der Waals surface area (Å²) in [6.07, 6.45) is 4.93. The van der Waals surface area contributed by atoms with Crippen molar-refractivity contribution in [2.45, 2.75) is 219 Å². The van der Waals surface area contributed by atoms with Gasteiger partial charge in [-0.3, -0.25) is 14.5 Å². The lowest BCUT2D eigenvalue weighted by Crippen LogP contribution is -2.60. The summed E-state index contributed by atoms with van der Waals surface area (Å²) < 4.78 is 3.64. The summed E-state index contributed by atoms with van der Waals surface area (Å²) in [5.41, 5.74) is -3.08. The van der Waals surface area contributed by atoms with Gasteiger partial charge in [0.15, 0.2) is 0 Å². The summed E-state index contributed by atoms with van der Waals surface area (Å²) in [5, 5.41) is 20.7. The van der Waals surface area contributed by atoms with E-state index in [1.807, 2.05) is 41.5 Å². The molecule has 6 atom stereocenters. The number of carbonyl (C=O) groups is 3. The summed E-state index contributed by atoms with van der Waals surface area (Å²) >= 11 is 0. The summed E-state index contributed by atoms with van der Waals surface area (Å²) in [6, 6.07) is -1.04. The molecule has 3 aliphatic carbocycles. The Balaban J connectivity index is 1.80. The van der Waals surface area contributed by atoms with Crippen LogP contribution < -0.4 is 33.0 Å². The lowest BCUT2D eigenvalue weighted by Gasteiger charge is -2.47. The van der Waals surface area contributed by atoms with Gasteiger partial charge in [0.25, 0.3) is 0 Å². The van der Waals surface area contributed by atoms with Crippen LogP contribution in [0.3, 0.4) is 0 Å². The second-order valence-corrected chi connectivity index (χ2v) is 23.5. The number of carbonyl (C=O) groups excluding carboxylic acids is 3. The van der Waals surface area contributed by atoms with Crippen LogP contribution in [0.25, 0.3) is 0 Å². The molecule has 1 aromatic heterocycles. The Bertz CT molecular complexity index is 1950. The number of aromatic nitrogens is 3. The Morgan fingerprint density at radius 1 is 0.470 bits per heavy atom. The second kappa shape index (κ2) is 21.0.